The van der Waals surface area contributed by atoms with E-state index in [-0.39, 0.29) is 37.6 Å². The Bertz CT molecular complexity index is 957. The summed E-state index contributed by atoms with van der Waals surface area (Å²) in [7, 11) is 0. The Labute approximate surface area is 216 Å². The average Bonchev–Trinajstić information content (AvgIpc) is 2.80. The second-order valence-electron chi connectivity index (χ2n) is 7.83. The Balaban J connectivity index is 2.30. The van der Waals surface area contributed by atoms with Gasteiger partial charge in [0.15, 0.2) is 6.10 Å². The molecule has 4 atom stereocenters. The van der Waals surface area contributed by atoms with E-state index in [2.05, 4.69) is 26.6 Å². The number of ether oxygens (including phenoxy) is 5. The van der Waals surface area contributed by atoms with Crippen molar-refractivity contribution in [2.75, 3.05) is 18.5 Å². The van der Waals surface area contributed by atoms with Crippen molar-refractivity contribution >= 4 is 51.8 Å². The number of hydrogen-bond donors (Lipinski definition) is 2. The van der Waals surface area contributed by atoms with Crippen LogP contribution in [0.15, 0.2) is 18.2 Å². The summed E-state index contributed by atoms with van der Waals surface area (Å²) >= 11 is 3.36. The first-order valence-electron chi connectivity index (χ1n) is 11.1. The first-order chi connectivity index (χ1) is 17.1. The van der Waals surface area contributed by atoms with Gasteiger partial charge in [0.2, 0.25) is 18.6 Å². The number of nitrogens with one attached hydrogen (secondary N) is 2. The molecular weight excluding hydrogens is 544 g/mol. The standard InChI is InChI=1S/C23H29BrN2O10/c1-13(28)32-11-21-19(33-14(2)29)9-20(34-15(3)30)23(36-21)35-18-5-4-16(10-24)8-17(18)26-22(31)6-7-25-12-27/h4-5,8,12,19-21,23H,6-7,9-11H2,1-3H3,(H,25,27)(H,26,31)/t19?,20-,21+,23?/m0/s1. The Morgan fingerprint density at radius 1 is 1.08 bits per heavy atom. The van der Waals surface area contributed by atoms with Crippen molar-refractivity contribution < 1.29 is 47.7 Å². The van der Waals surface area contributed by atoms with Gasteiger partial charge in [-0.25, -0.2) is 0 Å². The molecule has 36 heavy (non-hydrogen) atoms. The number of esters is 3. The fourth-order valence-electron chi connectivity index (χ4n) is 3.39. The molecule has 0 aliphatic carbocycles. The number of carbonyl (C=O) groups is 5. The van der Waals surface area contributed by atoms with Crippen molar-refractivity contribution in [2.45, 2.75) is 63.5 Å². The van der Waals surface area contributed by atoms with Crippen LogP contribution in [-0.2, 0) is 48.3 Å². The molecule has 198 valence electrons. The average molecular weight is 573 g/mol. The summed E-state index contributed by atoms with van der Waals surface area (Å²) in [5, 5.41) is 5.65. The Morgan fingerprint density at radius 3 is 2.39 bits per heavy atom. The minimum absolute atomic E-state index is 0.0221. The van der Waals surface area contributed by atoms with Crippen LogP contribution in [0.3, 0.4) is 0 Å². The van der Waals surface area contributed by atoms with Crippen LogP contribution in [0.2, 0.25) is 0 Å². The molecule has 1 heterocycles. The molecule has 0 bridgehead atoms. The van der Waals surface area contributed by atoms with Gasteiger partial charge in [-0.15, -0.1) is 0 Å². The monoisotopic (exact) mass is 572 g/mol. The smallest absolute Gasteiger partial charge is 0.303 e. The summed E-state index contributed by atoms with van der Waals surface area (Å²) in [6.07, 6.45) is -3.37. The van der Waals surface area contributed by atoms with Gasteiger partial charge in [0.05, 0.1) is 5.69 Å². The van der Waals surface area contributed by atoms with Crippen molar-refractivity contribution in [2.24, 2.45) is 0 Å². The van der Waals surface area contributed by atoms with E-state index in [9.17, 15) is 24.0 Å². The number of hydrogen-bond acceptors (Lipinski definition) is 10. The molecule has 1 aromatic rings. The zero-order chi connectivity index (χ0) is 26.7. The topological polar surface area (TPSA) is 156 Å². The lowest BCUT2D eigenvalue weighted by atomic mass is 10.0. The van der Waals surface area contributed by atoms with E-state index in [4.69, 9.17) is 23.7 Å². The van der Waals surface area contributed by atoms with Gasteiger partial charge >= 0.3 is 17.9 Å². The summed E-state index contributed by atoms with van der Waals surface area (Å²) in [6, 6.07) is 5.06. The summed E-state index contributed by atoms with van der Waals surface area (Å²) in [5.74, 6) is -1.90. The van der Waals surface area contributed by atoms with Gasteiger partial charge in [0, 0.05) is 45.5 Å². The van der Waals surface area contributed by atoms with E-state index < -0.39 is 42.5 Å². The van der Waals surface area contributed by atoms with Crippen molar-refractivity contribution in [1.29, 1.82) is 0 Å². The third-order valence-electron chi connectivity index (χ3n) is 4.87. The van der Waals surface area contributed by atoms with Gasteiger partial charge in [-0.3, -0.25) is 24.0 Å². The van der Waals surface area contributed by atoms with E-state index in [1.54, 1.807) is 18.2 Å². The minimum Gasteiger partial charge on any atom is -0.463 e. The van der Waals surface area contributed by atoms with E-state index in [0.717, 1.165) is 5.56 Å². The van der Waals surface area contributed by atoms with Gasteiger partial charge in [-0.1, -0.05) is 22.0 Å². The first kappa shape index (κ1) is 29.0. The number of carbonyl (C=O) groups excluding carboxylic acids is 5. The molecule has 2 unspecified atom stereocenters. The molecular formula is C23H29BrN2O10. The van der Waals surface area contributed by atoms with Crippen LogP contribution in [0.4, 0.5) is 5.69 Å². The molecule has 1 aliphatic rings. The SMILES string of the molecule is CC(=O)OC[C@H]1OC(Oc2ccc(CBr)cc2NC(=O)CCNC=O)[C@@H](OC(C)=O)CC1OC(C)=O. The highest BCUT2D eigenvalue weighted by Gasteiger charge is 2.44. The normalized spacial score (nSPS) is 21.0. The highest BCUT2D eigenvalue weighted by atomic mass is 79.9. The van der Waals surface area contributed by atoms with E-state index in [0.29, 0.717) is 17.4 Å². The van der Waals surface area contributed by atoms with Crippen LogP contribution < -0.4 is 15.4 Å². The Morgan fingerprint density at radius 2 is 1.78 bits per heavy atom. The highest BCUT2D eigenvalue weighted by Crippen LogP contribution is 2.33. The van der Waals surface area contributed by atoms with Gasteiger partial charge in [0.1, 0.15) is 24.6 Å². The van der Waals surface area contributed by atoms with Crippen LogP contribution in [0.25, 0.3) is 0 Å². The summed E-state index contributed by atoms with van der Waals surface area (Å²) in [5.41, 5.74) is 1.17. The van der Waals surface area contributed by atoms with Crippen LogP contribution in [0, 0.1) is 0 Å². The Kier molecular flexibility index (Phi) is 11.6. The lowest BCUT2D eigenvalue weighted by Crippen LogP contribution is -2.54. The summed E-state index contributed by atoms with van der Waals surface area (Å²) in [4.78, 5) is 57.5. The zero-order valence-electron chi connectivity index (χ0n) is 20.1. The summed E-state index contributed by atoms with van der Waals surface area (Å²) < 4.78 is 27.7. The predicted molar refractivity (Wildman–Crippen MR) is 128 cm³/mol. The highest BCUT2D eigenvalue weighted by molar-refractivity contribution is 9.08. The molecule has 12 nitrogen and oxygen atoms in total. The maximum atomic E-state index is 12.4. The fourth-order valence-corrected chi connectivity index (χ4v) is 3.74. The molecule has 0 spiro atoms. The molecule has 0 radical (unpaired) electrons. The van der Waals surface area contributed by atoms with Crippen molar-refractivity contribution in [1.82, 2.24) is 5.32 Å². The van der Waals surface area contributed by atoms with Crippen LogP contribution >= 0.6 is 15.9 Å². The lowest BCUT2D eigenvalue weighted by Gasteiger charge is -2.39. The number of rotatable bonds is 12. The molecule has 1 fully saturated rings. The van der Waals surface area contributed by atoms with E-state index in [1.807, 2.05) is 0 Å². The predicted octanol–water partition coefficient (Wildman–Crippen LogP) is 1.58. The van der Waals surface area contributed by atoms with Crippen LogP contribution in [-0.4, -0.2) is 68.0 Å². The number of anilines is 1. The van der Waals surface area contributed by atoms with Gasteiger partial charge in [0.25, 0.3) is 0 Å². The van der Waals surface area contributed by atoms with Crippen LogP contribution in [0.5, 0.6) is 5.75 Å². The molecule has 2 amide bonds. The van der Waals surface area contributed by atoms with E-state index >= 15 is 0 Å². The van der Waals surface area contributed by atoms with Crippen LogP contribution in [0.1, 0.15) is 39.2 Å². The molecule has 2 rings (SSSR count). The number of halogens is 1. The second-order valence-corrected chi connectivity index (χ2v) is 8.39. The number of benzene rings is 1. The number of amides is 2. The minimum atomic E-state index is -1.18. The fraction of sp³-hybridized carbons (Fsp3) is 0.522. The quantitative estimate of drug-likeness (QED) is 0.124. The van der Waals surface area contributed by atoms with Crippen molar-refractivity contribution in [3.63, 3.8) is 0 Å². The largest absolute Gasteiger partial charge is 0.463 e. The Hall–Kier alpha value is -3.19. The summed E-state index contributed by atoms with van der Waals surface area (Å²) in [6.45, 7) is 3.59. The van der Waals surface area contributed by atoms with Gasteiger partial charge in [-0.2, -0.15) is 0 Å². The number of alkyl halides is 1. The van der Waals surface area contributed by atoms with Crippen molar-refractivity contribution in [3.05, 3.63) is 23.8 Å². The van der Waals surface area contributed by atoms with Gasteiger partial charge in [-0.05, 0) is 17.7 Å². The molecule has 2 N–H and O–H groups in total. The molecule has 0 aromatic heterocycles. The molecule has 1 aliphatic heterocycles. The van der Waals surface area contributed by atoms with Gasteiger partial charge < -0.3 is 34.3 Å². The van der Waals surface area contributed by atoms with E-state index in [1.165, 1.54) is 20.8 Å². The maximum absolute atomic E-state index is 12.4. The second kappa shape index (κ2) is 14.4. The molecule has 1 saturated heterocycles. The lowest BCUT2D eigenvalue weighted by molar-refractivity contribution is -0.253. The molecule has 13 heteroatoms. The van der Waals surface area contributed by atoms with Crippen molar-refractivity contribution in [3.8, 4) is 5.75 Å². The zero-order valence-corrected chi connectivity index (χ0v) is 21.7. The molecule has 0 saturated carbocycles. The third-order valence-corrected chi connectivity index (χ3v) is 5.52. The maximum Gasteiger partial charge on any atom is 0.303 e. The molecule has 1 aromatic carbocycles. The first-order valence-corrected chi connectivity index (χ1v) is 12.2. The third kappa shape index (κ3) is 9.46.